The number of nitrogens with one attached hydrogen (secondary N) is 2. The van der Waals surface area contributed by atoms with Gasteiger partial charge in [0.1, 0.15) is 17.0 Å². The molecule has 1 aromatic carbocycles. The number of aromatic nitrogens is 4. The van der Waals surface area contributed by atoms with Crippen molar-refractivity contribution in [2.45, 2.75) is 12.6 Å². The predicted octanol–water partition coefficient (Wildman–Crippen LogP) is 6.04. The van der Waals surface area contributed by atoms with Gasteiger partial charge in [0.05, 0.1) is 32.5 Å². The van der Waals surface area contributed by atoms with Gasteiger partial charge >= 0.3 is 6.18 Å². The molecule has 0 spiro atoms. The van der Waals surface area contributed by atoms with Crippen molar-refractivity contribution in [3.8, 4) is 34.1 Å². The lowest BCUT2D eigenvalue weighted by atomic mass is 10.0. The molecule has 40 heavy (non-hydrogen) atoms. The Bertz CT molecular complexity index is 1700. The lowest BCUT2D eigenvalue weighted by molar-refractivity contribution is -0.139. The van der Waals surface area contributed by atoms with Gasteiger partial charge in [0, 0.05) is 40.7 Å². The van der Waals surface area contributed by atoms with Gasteiger partial charge in [-0.05, 0) is 41.5 Å². The van der Waals surface area contributed by atoms with Crippen LogP contribution in [-0.4, -0.2) is 40.1 Å². The van der Waals surface area contributed by atoms with Crippen molar-refractivity contribution in [2.24, 2.45) is 0 Å². The minimum atomic E-state index is -4.73. The molecule has 5 rings (SSSR count). The molecule has 0 bridgehead atoms. The first-order valence-corrected chi connectivity index (χ1v) is 11.8. The van der Waals surface area contributed by atoms with Crippen LogP contribution in [0.25, 0.3) is 33.4 Å². The Morgan fingerprint density at radius 2 is 1.68 bits per heavy atom. The number of carbonyl (C=O) groups excluding carboxylic acids is 1. The van der Waals surface area contributed by atoms with Crippen molar-refractivity contribution >= 4 is 22.6 Å². The minimum absolute atomic E-state index is 0.0729. The van der Waals surface area contributed by atoms with Crippen molar-refractivity contribution in [1.82, 2.24) is 19.9 Å². The highest BCUT2D eigenvalue weighted by Crippen LogP contribution is 2.36. The topological polar surface area (TPSA) is 102 Å². The highest BCUT2D eigenvalue weighted by molar-refractivity contribution is 5.92. The molecular weight excluding hydrogens is 530 g/mol. The quantitative estimate of drug-likeness (QED) is 0.239. The number of ether oxygens (including phenoxy) is 2. The monoisotopic (exact) mass is 551 g/mol. The molecule has 2 N–H and O–H groups in total. The third kappa shape index (κ3) is 5.55. The van der Waals surface area contributed by atoms with Crippen molar-refractivity contribution in [3.63, 3.8) is 0 Å². The van der Waals surface area contributed by atoms with E-state index in [1.54, 1.807) is 24.5 Å². The molecule has 0 saturated heterocycles. The van der Waals surface area contributed by atoms with Gasteiger partial charge in [0.25, 0.3) is 0 Å². The number of hydrogen-bond donors (Lipinski definition) is 2. The number of nitrogens with zero attached hydrogens (tertiary/aromatic N) is 3. The second kappa shape index (κ2) is 10.6. The molecule has 0 aliphatic heterocycles. The average Bonchev–Trinajstić information content (AvgIpc) is 3.37. The second-order valence-electron chi connectivity index (χ2n) is 8.74. The number of amides is 1. The van der Waals surface area contributed by atoms with E-state index in [-0.39, 0.29) is 11.3 Å². The normalized spacial score (nSPS) is 11.4. The molecule has 0 radical (unpaired) electrons. The summed E-state index contributed by atoms with van der Waals surface area (Å²) in [6.07, 6.45) is -0.812. The van der Waals surface area contributed by atoms with E-state index in [1.165, 1.54) is 19.2 Å². The van der Waals surface area contributed by atoms with Crippen LogP contribution in [0.4, 0.5) is 23.2 Å². The van der Waals surface area contributed by atoms with Crippen LogP contribution < -0.4 is 14.8 Å². The zero-order chi connectivity index (χ0) is 28.4. The summed E-state index contributed by atoms with van der Waals surface area (Å²) in [6.45, 7) is 0. The molecule has 0 unspecified atom stereocenters. The Balaban J connectivity index is 1.32. The first-order valence-electron chi connectivity index (χ1n) is 11.8. The van der Waals surface area contributed by atoms with Crippen LogP contribution >= 0.6 is 0 Å². The smallest absolute Gasteiger partial charge is 0.421 e. The van der Waals surface area contributed by atoms with Crippen LogP contribution in [-0.2, 0) is 17.4 Å². The number of benzene rings is 1. The number of halogens is 4. The Morgan fingerprint density at radius 3 is 2.35 bits per heavy atom. The Morgan fingerprint density at radius 1 is 0.900 bits per heavy atom. The zero-order valence-electron chi connectivity index (χ0n) is 21.1. The number of anilines is 1. The standard InChI is InChI=1S/C28H21F4N5O3/c1-39-25-6-5-17(12-33-25)23-9-18-7-19(13-34-26(18)37-23)15-3-4-16(22(29)8-15)10-24(38)36-20-11-21(28(30,31)32)27(40-2)35-14-20/h3-9,11-14H,10H2,1-2H3,(H,34,37)(H,36,38). The van der Waals surface area contributed by atoms with E-state index in [1.807, 2.05) is 18.2 Å². The largest absolute Gasteiger partial charge is 0.481 e. The molecule has 0 aliphatic carbocycles. The maximum absolute atomic E-state index is 15.0. The fourth-order valence-electron chi connectivity index (χ4n) is 4.12. The van der Waals surface area contributed by atoms with Gasteiger partial charge in [0.15, 0.2) is 0 Å². The van der Waals surface area contributed by atoms with E-state index in [0.29, 0.717) is 28.7 Å². The maximum atomic E-state index is 15.0. The van der Waals surface area contributed by atoms with Crippen LogP contribution in [0.1, 0.15) is 11.1 Å². The van der Waals surface area contributed by atoms with Crippen molar-refractivity contribution < 1.29 is 31.8 Å². The summed E-state index contributed by atoms with van der Waals surface area (Å²) in [4.78, 5) is 27.9. The predicted molar refractivity (Wildman–Crippen MR) is 139 cm³/mol. The van der Waals surface area contributed by atoms with Crippen LogP contribution in [0, 0.1) is 5.82 Å². The molecule has 4 heterocycles. The number of carbonyl (C=O) groups is 1. The number of fused-ring (bicyclic) bond motifs is 1. The van der Waals surface area contributed by atoms with Crippen molar-refractivity contribution in [3.05, 3.63) is 84.1 Å². The lowest BCUT2D eigenvalue weighted by Crippen LogP contribution is -2.17. The third-order valence-electron chi connectivity index (χ3n) is 6.10. The van der Waals surface area contributed by atoms with E-state index in [4.69, 9.17) is 4.74 Å². The Hall–Kier alpha value is -5.00. The van der Waals surface area contributed by atoms with Gasteiger partial charge < -0.3 is 19.8 Å². The molecule has 1 amide bonds. The third-order valence-corrected chi connectivity index (χ3v) is 6.10. The summed E-state index contributed by atoms with van der Waals surface area (Å²) in [6, 6.07) is 12.5. The lowest BCUT2D eigenvalue weighted by Gasteiger charge is -2.13. The van der Waals surface area contributed by atoms with Gasteiger partial charge in [-0.1, -0.05) is 12.1 Å². The van der Waals surface area contributed by atoms with Gasteiger partial charge in [-0.3, -0.25) is 4.79 Å². The molecule has 5 aromatic rings. The first-order chi connectivity index (χ1) is 19.1. The molecule has 0 saturated carbocycles. The van der Waals surface area contributed by atoms with Gasteiger partial charge in [0.2, 0.25) is 17.7 Å². The number of pyridine rings is 3. The zero-order valence-corrected chi connectivity index (χ0v) is 21.1. The number of methoxy groups -OCH3 is 2. The fourth-order valence-corrected chi connectivity index (χ4v) is 4.12. The average molecular weight is 552 g/mol. The van der Waals surface area contributed by atoms with Gasteiger partial charge in [-0.2, -0.15) is 13.2 Å². The molecular formula is C28H21F4N5O3. The van der Waals surface area contributed by atoms with Crippen molar-refractivity contribution in [1.29, 1.82) is 0 Å². The van der Waals surface area contributed by atoms with Crippen LogP contribution in [0.3, 0.4) is 0 Å². The molecule has 4 aromatic heterocycles. The summed E-state index contributed by atoms with van der Waals surface area (Å²) >= 11 is 0. The SMILES string of the molecule is COc1ccc(-c2cc3cc(-c4ccc(CC(=O)Nc5cnc(OC)c(C(F)(F)F)c5)c(F)c4)cnc3[nH]2)cn1. The highest BCUT2D eigenvalue weighted by atomic mass is 19.4. The molecule has 0 aliphatic rings. The highest BCUT2D eigenvalue weighted by Gasteiger charge is 2.35. The molecule has 8 nitrogen and oxygen atoms in total. The van der Waals surface area contributed by atoms with Crippen LogP contribution in [0.2, 0.25) is 0 Å². The first kappa shape index (κ1) is 26.6. The summed E-state index contributed by atoms with van der Waals surface area (Å²) in [5, 5.41) is 3.13. The van der Waals surface area contributed by atoms with E-state index in [2.05, 4.69) is 30.0 Å². The number of hydrogen-bond acceptors (Lipinski definition) is 6. The Labute approximate surface area is 225 Å². The minimum Gasteiger partial charge on any atom is -0.481 e. The van der Waals surface area contributed by atoms with Crippen LogP contribution in [0.5, 0.6) is 11.8 Å². The molecule has 0 fully saturated rings. The van der Waals surface area contributed by atoms with E-state index in [9.17, 15) is 22.4 Å². The molecule has 0 atom stereocenters. The summed E-state index contributed by atoms with van der Waals surface area (Å²) in [7, 11) is 2.60. The molecule has 12 heteroatoms. The summed E-state index contributed by atoms with van der Waals surface area (Å²) in [5.74, 6) is -1.47. The number of alkyl halides is 3. The Kier molecular flexibility index (Phi) is 7.07. The summed E-state index contributed by atoms with van der Waals surface area (Å²) < 4.78 is 64.4. The number of H-pyrrole nitrogens is 1. The summed E-state index contributed by atoms with van der Waals surface area (Å²) in [5.41, 5.74) is 2.23. The van der Waals surface area contributed by atoms with E-state index in [0.717, 1.165) is 30.0 Å². The fraction of sp³-hybridized carbons (Fsp3) is 0.143. The number of rotatable bonds is 7. The van der Waals surface area contributed by atoms with E-state index < -0.39 is 35.8 Å². The van der Waals surface area contributed by atoms with Gasteiger partial charge in [-0.25, -0.2) is 19.3 Å². The molecule has 204 valence electrons. The van der Waals surface area contributed by atoms with E-state index >= 15 is 0 Å². The van der Waals surface area contributed by atoms with Crippen LogP contribution in [0.15, 0.2) is 67.1 Å². The van der Waals surface area contributed by atoms with Gasteiger partial charge in [-0.15, -0.1) is 0 Å². The second-order valence-corrected chi connectivity index (χ2v) is 8.74. The maximum Gasteiger partial charge on any atom is 0.421 e. The number of aromatic amines is 1. The van der Waals surface area contributed by atoms with Crippen molar-refractivity contribution in [2.75, 3.05) is 19.5 Å².